The molecule has 2 atom stereocenters. The van der Waals surface area contributed by atoms with Gasteiger partial charge in [-0.2, -0.15) is 16.3 Å². The maximum Gasteiger partial charge on any atom is 0.258 e. The molecule has 0 saturated heterocycles. The van der Waals surface area contributed by atoms with Crippen LogP contribution < -0.4 is 5.73 Å². The van der Waals surface area contributed by atoms with Crippen LogP contribution in [0.4, 0.5) is 0 Å². The van der Waals surface area contributed by atoms with Crippen molar-refractivity contribution in [2.24, 2.45) is 11.7 Å². The Labute approximate surface area is 129 Å². The van der Waals surface area contributed by atoms with Gasteiger partial charge >= 0.3 is 0 Å². The largest absolute Gasteiger partial charge is 0.334 e. The minimum Gasteiger partial charge on any atom is -0.334 e. The Morgan fingerprint density at radius 3 is 3.10 bits per heavy atom. The van der Waals surface area contributed by atoms with Gasteiger partial charge in [0.25, 0.3) is 5.89 Å². The van der Waals surface area contributed by atoms with Crippen LogP contribution in [0.2, 0.25) is 0 Å². The fraction of sp³-hybridized carbons (Fsp3) is 0.600. The number of rotatable bonds is 6. The van der Waals surface area contributed by atoms with Crippen molar-refractivity contribution in [1.82, 2.24) is 15.0 Å². The SMILES string of the molecule is CCN(Cc1noc(-c2ccsc2)n1)C1CCCC1CN. The monoisotopic (exact) mass is 306 g/mol. The molecule has 2 aromatic rings. The molecule has 5 nitrogen and oxygen atoms in total. The van der Waals surface area contributed by atoms with Gasteiger partial charge in [-0.1, -0.05) is 18.5 Å². The Bertz CT molecular complexity index is 554. The van der Waals surface area contributed by atoms with Crippen LogP contribution in [0.1, 0.15) is 32.0 Å². The zero-order valence-corrected chi connectivity index (χ0v) is 13.2. The third-order valence-electron chi connectivity index (χ3n) is 4.38. The van der Waals surface area contributed by atoms with Crippen LogP contribution >= 0.6 is 11.3 Å². The Morgan fingerprint density at radius 2 is 2.38 bits per heavy atom. The highest BCUT2D eigenvalue weighted by Gasteiger charge is 2.31. The van der Waals surface area contributed by atoms with Gasteiger partial charge in [-0.05, 0) is 43.3 Å². The zero-order valence-electron chi connectivity index (χ0n) is 12.4. The highest BCUT2D eigenvalue weighted by Crippen LogP contribution is 2.30. The van der Waals surface area contributed by atoms with Crippen LogP contribution in [0.3, 0.4) is 0 Å². The smallest absolute Gasteiger partial charge is 0.258 e. The van der Waals surface area contributed by atoms with E-state index in [9.17, 15) is 0 Å². The molecule has 2 unspecified atom stereocenters. The number of thiophene rings is 1. The summed E-state index contributed by atoms with van der Waals surface area (Å²) in [6.45, 7) is 4.69. The van der Waals surface area contributed by atoms with Gasteiger partial charge in [0, 0.05) is 11.4 Å². The molecule has 0 aliphatic heterocycles. The standard InChI is InChI=1S/C15H22N4OS/c1-2-19(13-5-3-4-11(13)8-16)9-14-17-15(20-18-14)12-6-7-21-10-12/h6-7,10-11,13H,2-5,8-9,16H2,1H3. The van der Waals surface area contributed by atoms with Gasteiger partial charge < -0.3 is 10.3 Å². The molecule has 0 amide bonds. The van der Waals surface area contributed by atoms with Gasteiger partial charge in [0.15, 0.2) is 5.82 Å². The Balaban J connectivity index is 1.69. The molecule has 21 heavy (non-hydrogen) atoms. The molecule has 2 aromatic heterocycles. The summed E-state index contributed by atoms with van der Waals surface area (Å²) in [7, 11) is 0. The van der Waals surface area contributed by atoms with Gasteiger partial charge in [-0.15, -0.1) is 0 Å². The maximum absolute atomic E-state index is 5.90. The lowest BCUT2D eigenvalue weighted by molar-refractivity contribution is 0.156. The number of aromatic nitrogens is 2. The van der Waals surface area contributed by atoms with E-state index in [1.54, 1.807) is 11.3 Å². The van der Waals surface area contributed by atoms with Crippen molar-refractivity contribution in [3.8, 4) is 11.5 Å². The molecule has 1 aliphatic carbocycles. The van der Waals surface area contributed by atoms with Gasteiger partial charge in [0.05, 0.1) is 12.1 Å². The van der Waals surface area contributed by atoms with Crippen LogP contribution in [0.25, 0.3) is 11.5 Å². The molecule has 2 heterocycles. The average Bonchev–Trinajstić information content (AvgIpc) is 3.23. The third-order valence-corrected chi connectivity index (χ3v) is 5.06. The van der Waals surface area contributed by atoms with Crippen molar-refractivity contribution < 1.29 is 4.52 Å². The summed E-state index contributed by atoms with van der Waals surface area (Å²) in [5.41, 5.74) is 6.91. The van der Waals surface area contributed by atoms with E-state index >= 15 is 0 Å². The number of hydrogen-bond donors (Lipinski definition) is 1. The highest BCUT2D eigenvalue weighted by atomic mass is 32.1. The molecule has 1 fully saturated rings. The topological polar surface area (TPSA) is 68.2 Å². The summed E-state index contributed by atoms with van der Waals surface area (Å²) in [5, 5.41) is 8.17. The lowest BCUT2D eigenvalue weighted by atomic mass is 10.0. The summed E-state index contributed by atoms with van der Waals surface area (Å²) >= 11 is 1.63. The van der Waals surface area contributed by atoms with Crippen molar-refractivity contribution in [2.75, 3.05) is 13.1 Å². The first kappa shape index (κ1) is 14.7. The van der Waals surface area contributed by atoms with Gasteiger partial charge in [-0.25, -0.2) is 0 Å². The van der Waals surface area contributed by atoms with Crippen molar-refractivity contribution in [1.29, 1.82) is 0 Å². The summed E-state index contributed by atoms with van der Waals surface area (Å²) in [6, 6.07) is 2.56. The normalized spacial score (nSPS) is 22.2. The molecule has 1 saturated carbocycles. The second-order valence-electron chi connectivity index (χ2n) is 5.58. The van der Waals surface area contributed by atoms with Gasteiger partial charge in [0.1, 0.15) is 0 Å². The molecular formula is C15H22N4OS. The van der Waals surface area contributed by atoms with Crippen LogP contribution in [0.5, 0.6) is 0 Å². The van der Waals surface area contributed by atoms with E-state index in [4.69, 9.17) is 10.3 Å². The first-order valence-electron chi connectivity index (χ1n) is 7.61. The number of hydrogen-bond acceptors (Lipinski definition) is 6. The lowest BCUT2D eigenvalue weighted by Gasteiger charge is -2.30. The second-order valence-corrected chi connectivity index (χ2v) is 6.36. The van der Waals surface area contributed by atoms with E-state index in [1.807, 2.05) is 16.8 Å². The minimum absolute atomic E-state index is 0.558. The zero-order chi connectivity index (χ0) is 14.7. The molecule has 114 valence electrons. The lowest BCUT2D eigenvalue weighted by Crippen LogP contribution is -2.40. The molecule has 6 heteroatoms. The summed E-state index contributed by atoms with van der Waals surface area (Å²) in [5.74, 6) is 1.98. The molecule has 2 N–H and O–H groups in total. The van der Waals surface area contributed by atoms with Crippen LogP contribution in [0.15, 0.2) is 21.3 Å². The predicted molar refractivity (Wildman–Crippen MR) is 83.9 cm³/mol. The molecule has 0 aromatic carbocycles. The first-order valence-corrected chi connectivity index (χ1v) is 8.55. The summed E-state index contributed by atoms with van der Waals surface area (Å²) in [4.78, 5) is 6.96. The molecule has 1 aliphatic rings. The molecule has 0 radical (unpaired) electrons. The first-order chi connectivity index (χ1) is 10.3. The van der Waals surface area contributed by atoms with Crippen molar-refractivity contribution in [2.45, 2.75) is 38.8 Å². The van der Waals surface area contributed by atoms with E-state index < -0.39 is 0 Å². The number of nitrogens with zero attached hydrogens (tertiary/aromatic N) is 3. The molecule has 0 bridgehead atoms. The molecule has 3 rings (SSSR count). The van der Waals surface area contributed by atoms with Crippen LogP contribution in [-0.4, -0.2) is 34.2 Å². The van der Waals surface area contributed by atoms with Crippen molar-refractivity contribution in [3.05, 3.63) is 22.7 Å². The Hall–Kier alpha value is -1.24. The fourth-order valence-corrected chi connectivity index (χ4v) is 3.87. The molecule has 0 spiro atoms. The van der Waals surface area contributed by atoms with Crippen LogP contribution in [-0.2, 0) is 6.54 Å². The van der Waals surface area contributed by atoms with E-state index in [2.05, 4.69) is 22.0 Å². The van der Waals surface area contributed by atoms with E-state index in [1.165, 1.54) is 19.3 Å². The van der Waals surface area contributed by atoms with Gasteiger partial charge in [0.2, 0.25) is 0 Å². The molecular weight excluding hydrogens is 284 g/mol. The van der Waals surface area contributed by atoms with Gasteiger partial charge in [-0.3, -0.25) is 4.90 Å². The average molecular weight is 306 g/mol. The Kier molecular flexibility index (Phi) is 4.67. The van der Waals surface area contributed by atoms with Crippen molar-refractivity contribution in [3.63, 3.8) is 0 Å². The van der Waals surface area contributed by atoms with E-state index in [0.29, 0.717) is 17.9 Å². The maximum atomic E-state index is 5.90. The second kappa shape index (κ2) is 6.68. The quantitative estimate of drug-likeness (QED) is 0.888. The van der Waals surface area contributed by atoms with E-state index in [-0.39, 0.29) is 0 Å². The van der Waals surface area contributed by atoms with Crippen LogP contribution in [0, 0.1) is 5.92 Å². The Morgan fingerprint density at radius 1 is 1.48 bits per heavy atom. The fourth-order valence-electron chi connectivity index (χ4n) is 3.24. The predicted octanol–water partition coefficient (Wildman–Crippen LogP) is 2.75. The van der Waals surface area contributed by atoms with Crippen molar-refractivity contribution >= 4 is 11.3 Å². The summed E-state index contributed by atoms with van der Waals surface area (Å²) in [6.07, 6.45) is 3.74. The number of nitrogens with two attached hydrogens (primary N) is 1. The summed E-state index contributed by atoms with van der Waals surface area (Å²) < 4.78 is 5.36. The highest BCUT2D eigenvalue weighted by molar-refractivity contribution is 7.08. The minimum atomic E-state index is 0.558. The van der Waals surface area contributed by atoms with E-state index in [0.717, 1.165) is 31.0 Å². The third kappa shape index (κ3) is 3.17.